The van der Waals surface area contributed by atoms with Crippen molar-refractivity contribution in [3.63, 3.8) is 0 Å². The van der Waals surface area contributed by atoms with Gasteiger partial charge in [0.05, 0.1) is 11.9 Å². The first-order chi connectivity index (χ1) is 12.3. The Morgan fingerprint density at radius 2 is 1.81 bits per heavy atom. The maximum atomic E-state index is 13.0. The Morgan fingerprint density at radius 3 is 2.42 bits per heavy atom. The van der Waals surface area contributed by atoms with E-state index in [1.54, 1.807) is 31.3 Å². The van der Waals surface area contributed by atoms with Crippen LogP contribution < -0.4 is 10.0 Å². The molecule has 0 radical (unpaired) electrons. The molecule has 2 aromatic rings. The molecule has 6 nitrogen and oxygen atoms in total. The number of para-hydroxylation sites is 1. The van der Waals surface area contributed by atoms with Gasteiger partial charge in [0.1, 0.15) is 5.82 Å². The standard InChI is InChI=1S/C18H23FN4O2S/c1-20-18(23(2)13-14-8-10-16(19)11-9-14)21-12-15-6-4-5-7-17(15)22-26(3,24)25/h4-11,22H,12-13H2,1-3H3,(H,20,21). The molecular weight excluding hydrogens is 355 g/mol. The molecule has 140 valence electrons. The molecule has 0 amide bonds. The van der Waals surface area contributed by atoms with Gasteiger partial charge in [-0.25, -0.2) is 12.8 Å². The molecule has 0 spiro atoms. The van der Waals surface area contributed by atoms with E-state index in [0.717, 1.165) is 17.4 Å². The molecule has 8 heteroatoms. The predicted octanol–water partition coefficient (Wildman–Crippen LogP) is 2.40. The second kappa shape index (κ2) is 8.66. The van der Waals surface area contributed by atoms with E-state index >= 15 is 0 Å². The number of halogens is 1. The van der Waals surface area contributed by atoms with Crippen molar-refractivity contribution in [1.82, 2.24) is 10.2 Å². The quantitative estimate of drug-likeness (QED) is 0.598. The fourth-order valence-electron chi connectivity index (χ4n) is 2.47. The molecular formula is C18H23FN4O2S. The Labute approximate surface area is 153 Å². The van der Waals surface area contributed by atoms with Crippen molar-refractivity contribution in [2.24, 2.45) is 4.99 Å². The smallest absolute Gasteiger partial charge is 0.229 e. The van der Waals surface area contributed by atoms with E-state index in [1.165, 1.54) is 12.1 Å². The highest BCUT2D eigenvalue weighted by atomic mass is 32.2. The average Bonchev–Trinajstić information content (AvgIpc) is 2.57. The fourth-order valence-corrected chi connectivity index (χ4v) is 3.07. The molecule has 0 saturated carbocycles. The minimum Gasteiger partial charge on any atom is -0.352 e. The number of nitrogens with zero attached hydrogens (tertiary/aromatic N) is 2. The molecule has 0 fully saturated rings. The van der Waals surface area contributed by atoms with Crippen molar-refractivity contribution in [1.29, 1.82) is 0 Å². The number of nitrogens with one attached hydrogen (secondary N) is 2. The minimum absolute atomic E-state index is 0.270. The SMILES string of the molecule is CN=C(NCc1ccccc1NS(C)(=O)=O)N(C)Cc1ccc(F)cc1. The molecule has 0 saturated heterocycles. The van der Waals surface area contributed by atoms with Crippen LogP contribution in [-0.2, 0) is 23.1 Å². The summed E-state index contributed by atoms with van der Waals surface area (Å²) in [4.78, 5) is 6.14. The molecule has 26 heavy (non-hydrogen) atoms. The number of benzene rings is 2. The van der Waals surface area contributed by atoms with Crippen LogP contribution in [0.1, 0.15) is 11.1 Å². The van der Waals surface area contributed by atoms with E-state index in [2.05, 4.69) is 15.0 Å². The van der Waals surface area contributed by atoms with Crippen LogP contribution in [0, 0.1) is 5.82 Å². The van der Waals surface area contributed by atoms with E-state index in [4.69, 9.17) is 0 Å². The third kappa shape index (κ3) is 6.03. The molecule has 2 rings (SSSR count). The molecule has 0 aliphatic carbocycles. The summed E-state index contributed by atoms with van der Waals surface area (Å²) in [5, 5.41) is 3.21. The zero-order valence-corrected chi connectivity index (χ0v) is 15.8. The first-order valence-corrected chi connectivity index (χ1v) is 9.89. The van der Waals surface area contributed by atoms with Gasteiger partial charge in [-0.3, -0.25) is 9.71 Å². The highest BCUT2D eigenvalue weighted by Gasteiger charge is 2.10. The predicted molar refractivity (Wildman–Crippen MR) is 103 cm³/mol. The Bertz CT molecular complexity index is 867. The Kier molecular flexibility index (Phi) is 6.57. The van der Waals surface area contributed by atoms with Crippen molar-refractivity contribution < 1.29 is 12.8 Å². The summed E-state index contributed by atoms with van der Waals surface area (Å²) < 4.78 is 38.5. The van der Waals surface area contributed by atoms with Crippen LogP contribution >= 0.6 is 0 Å². The Balaban J connectivity index is 2.04. The van der Waals surface area contributed by atoms with Crippen LogP contribution in [0.3, 0.4) is 0 Å². The molecule has 0 unspecified atom stereocenters. The third-order valence-electron chi connectivity index (χ3n) is 3.66. The third-order valence-corrected chi connectivity index (χ3v) is 4.25. The number of aliphatic imine (C=N–C) groups is 1. The van der Waals surface area contributed by atoms with Crippen LogP contribution in [-0.4, -0.2) is 39.6 Å². The zero-order chi connectivity index (χ0) is 19.2. The first-order valence-electron chi connectivity index (χ1n) is 8.00. The van der Waals surface area contributed by atoms with Gasteiger partial charge in [-0.05, 0) is 29.3 Å². The van der Waals surface area contributed by atoms with E-state index < -0.39 is 10.0 Å². The molecule has 0 aromatic heterocycles. The molecule has 0 aliphatic rings. The summed E-state index contributed by atoms with van der Waals surface area (Å²) in [7, 11) is 0.192. The van der Waals surface area contributed by atoms with Crippen LogP contribution in [0.4, 0.5) is 10.1 Å². The Hall–Kier alpha value is -2.61. The number of hydrogen-bond acceptors (Lipinski definition) is 3. The lowest BCUT2D eigenvalue weighted by atomic mass is 10.2. The molecule has 0 atom stereocenters. The summed E-state index contributed by atoms with van der Waals surface area (Å²) in [6.07, 6.45) is 1.12. The number of sulfonamides is 1. The lowest BCUT2D eigenvalue weighted by molar-refractivity contribution is 0.476. The van der Waals surface area contributed by atoms with E-state index in [9.17, 15) is 12.8 Å². The summed E-state index contributed by atoms with van der Waals surface area (Å²) in [6, 6.07) is 13.5. The minimum atomic E-state index is -3.35. The topological polar surface area (TPSA) is 73.8 Å². The van der Waals surface area contributed by atoms with Crippen molar-refractivity contribution in [2.75, 3.05) is 25.1 Å². The molecule has 0 bridgehead atoms. The second-order valence-corrected chi connectivity index (χ2v) is 7.66. The van der Waals surface area contributed by atoms with Gasteiger partial charge in [0.25, 0.3) is 0 Å². The number of rotatable bonds is 6. The van der Waals surface area contributed by atoms with Gasteiger partial charge in [0.15, 0.2) is 5.96 Å². The first kappa shape index (κ1) is 19.7. The lowest BCUT2D eigenvalue weighted by Gasteiger charge is -2.23. The maximum Gasteiger partial charge on any atom is 0.229 e. The number of hydrogen-bond donors (Lipinski definition) is 2. The summed E-state index contributed by atoms with van der Waals surface area (Å²) >= 11 is 0. The van der Waals surface area contributed by atoms with Crippen molar-refractivity contribution >= 4 is 21.7 Å². The fraction of sp³-hybridized carbons (Fsp3) is 0.278. The largest absolute Gasteiger partial charge is 0.352 e. The highest BCUT2D eigenvalue weighted by molar-refractivity contribution is 7.92. The zero-order valence-electron chi connectivity index (χ0n) is 15.0. The van der Waals surface area contributed by atoms with Gasteiger partial charge < -0.3 is 10.2 Å². The number of anilines is 1. The molecule has 2 N–H and O–H groups in total. The van der Waals surface area contributed by atoms with Crippen LogP contribution in [0.5, 0.6) is 0 Å². The van der Waals surface area contributed by atoms with Gasteiger partial charge >= 0.3 is 0 Å². The normalized spacial score (nSPS) is 11.9. The lowest BCUT2D eigenvalue weighted by Crippen LogP contribution is -2.38. The van der Waals surface area contributed by atoms with Gasteiger partial charge in [0.2, 0.25) is 10.0 Å². The van der Waals surface area contributed by atoms with Crippen molar-refractivity contribution in [3.05, 3.63) is 65.5 Å². The van der Waals surface area contributed by atoms with E-state index in [-0.39, 0.29) is 5.82 Å². The monoisotopic (exact) mass is 378 g/mol. The summed E-state index contributed by atoms with van der Waals surface area (Å²) in [6.45, 7) is 0.961. The van der Waals surface area contributed by atoms with Gasteiger partial charge in [0, 0.05) is 27.2 Å². The maximum absolute atomic E-state index is 13.0. The summed E-state index contributed by atoms with van der Waals surface area (Å²) in [5.74, 6) is 0.373. The van der Waals surface area contributed by atoms with Gasteiger partial charge in [-0.2, -0.15) is 0 Å². The molecule has 0 heterocycles. The van der Waals surface area contributed by atoms with Crippen molar-refractivity contribution in [3.8, 4) is 0 Å². The van der Waals surface area contributed by atoms with Crippen molar-refractivity contribution in [2.45, 2.75) is 13.1 Å². The van der Waals surface area contributed by atoms with Crippen LogP contribution in [0.15, 0.2) is 53.5 Å². The van der Waals surface area contributed by atoms with Gasteiger partial charge in [-0.15, -0.1) is 0 Å². The van der Waals surface area contributed by atoms with E-state index in [1.807, 2.05) is 24.1 Å². The van der Waals surface area contributed by atoms with Crippen LogP contribution in [0.25, 0.3) is 0 Å². The second-order valence-electron chi connectivity index (χ2n) is 5.91. The number of guanidine groups is 1. The molecule has 0 aliphatic heterocycles. The molecule has 2 aromatic carbocycles. The van der Waals surface area contributed by atoms with Gasteiger partial charge in [-0.1, -0.05) is 30.3 Å². The average molecular weight is 378 g/mol. The van der Waals surface area contributed by atoms with Crippen LogP contribution in [0.2, 0.25) is 0 Å². The van der Waals surface area contributed by atoms with E-state index in [0.29, 0.717) is 24.7 Å². The Morgan fingerprint density at radius 1 is 1.15 bits per heavy atom. The highest BCUT2D eigenvalue weighted by Crippen LogP contribution is 2.16. The summed E-state index contributed by atoms with van der Waals surface area (Å²) in [5.41, 5.74) is 2.28.